The lowest BCUT2D eigenvalue weighted by atomic mass is 9.94. The quantitative estimate of drug-likeness (QED) is 0.922. The molecule has 0 radical (unpaired) electrons. The predicted molar refractivity (Wildman–Crippen MR) is 83.5 cm³/mol. The molecule has 3 heteroatoms. The van der Waals surface area contributed by atoms with Crippen LogP contribution in [0.4, 0.5) is 0 Å². The fraction of sp³-hybridized carbons (Fsp3) is 0.312. The Morgan fingerprint density at radius 2 is 1.74 bits per heavy atom. The molecule has 1 N–H and O–H groups in total. The van der Waals surface area contributed by atoms with Crippen molar-refractivity contribution in [1.29, 1.82) is 0 Å². The molecule has 2 nitrogen and oxygen atoms in total. The van der Waals surface area contributed by atoms with Crippen LogP contribution in [0.15, 0.2) is 35.1 Å². The molecule has 100 valence electrons. The molecule has 0 bridgehead atoms. The molecule has 2 aromatic rings. The summed E-state index contributed by atoms with van der Waals surface area (Å²) in [5, 5.41) is 3.39. The summed E-state index contributed by atoms with van der Waals surface area (Å²) in [6, 6.07) is 6.69. The number of aromatic nitrogens is 1. The van der Waals surface area contributed by atoms with E-state index in [1.165, 1.54) is 32.3 Å². The number of rotatable bonds is 3. The molecule has 0 saturated heterocycles. The maximum absolute atomic E-state index is 4.25. The summed E-state index contributed by atoms with van der Waals surface area (Å²) in [4.78, 5) is 4.25. The molecule has 0 spiro atoms. The van der Waals surface area contributed by atoms with Gasteiger partial charge in [-0.05, 0) is 61.7 Å². The third kappa shape index (κ3) is 2.88. The van der Waals surface area contributed by atoms with E-state index in [0.29, 0.717) is 0 Å². The zero-order valence-corrected chi connectivity index (χ0v) is 13.4. The molecule has 0 amide bonds. The average molecular weight is 319 g/mol. The molecule has 1 aromatic carbocycles. The monoisotopic (exact) mass is 318 g/mol. The van der Waals surface area contributed by atoms with E-state index < -0.39 is 0 Å². The Bertz CT molecular complexity index is 570. The van der Waals surface area contributed by atoms with E-state index in [1.54, 1.807) is 0 Å². The van der Waals surface area contributed by atoms with E-state index in [9.17, 15) is 0 Å². The highest BCUT2D eigenvalue weighted by Gasteiger charge is 2.16. The van der Waals surface area contributed by atoms with Gasteiger partial charge in [0.1, 0.15) is 0 Å². The normalized spacial score (nSPS) is 12.5. The second kappa shape index (κ2) is 5.85. The molecule has 0 saturated carbocycles. The van der Waals surface area contributed by atoms with Crippen molar-refractivity contribution in [3.8, 4) is 0 Å². The molecule has 0 fully saturated rings. The van der Waals surface area contributed by atoms with Crippen LogP contribution in [0.3, 0.4) is 0 Å². The van der Waals surface area contributed by atoms with Gasteiger partial charge in [0, 0.05) is 16.9 Å². The number of hydrogen-bond acceptors (Lipinski definition) is 2. The van der Waals surface area contributed by atoms with Gasteiger partial charge in [-0.3, -0.25) is 4.98 Å². The fourth-order valence-corrected chi connectivity index (χ4v) is 2.66. The second-order valence-electron chi connectivity index (χ2n) is 4.92. The Hall–Kier alpha value is -1.19. The summed E-state index contributed by atoms with van der Waals surface area (Å²) in [5.74, 6) is 0. The van der Waals surface area contributed by atoms with Crippen molar-refractivity contribution in [2.24, 2.45) is 0 Å². The molecule has 2 rings (SSSR count). The highest BCUT2D eigenvalue weighted by molar-refractivity contribution is 9.10. The zero-order chi connectivity index (χ0) is 14.0. The van der Waals surface area contributed by atoms with Crippen molar-refractivity contribution in [2.75, 3.05) is 7.05 Å². The largest absolute Gasteiger partial charge is 0.309 e. The van der Waals surface area contributed by atoms with Gasteiger partial charge in [0.15, 0.2) is 0 Å². The van der Waals surface area contributed by atoms with Gasteiger partial charge in [0.05, 0.1) is 6.04 Å². The van der Waals surface area contributed by atoms with Crippen molar-refractivity contribution in [3.05, 3.63) is 62.9 Å². The van der Waals surface area contributed by atoms with Gasteiger partial charge in [-0.1, -0.05) is 28.1 Å². The first-order valence-corrected chi connectivity index (χ1v) is 7.18. The van der Waals surface area contributed by atoms with Gasteiger partial charge in [-0.15, -0.1) is 0 Å². The topological polar surface area (TPSA) is 24.9 Å². The fourth-order valence-electron chi connectivity index (χ4n) is 2.43. The lowest BCUT2D eigenvalue weighted by Gasteiger charge is -2.20. The van der Waals surface area contributed by atoms with Crippen LogP contribution < -0.4 is 5.32 Å². The molecule has 0 aliphatic carbocycles. The zero-order valence-electron chi connectivity index (χ0n) is 11.8. The number of pyridine rings is 1. The summed E-state index contributed by atoms with van der Waals surface area (Å²) < 4.78 is 1.19. The van der Waals surface area contributed by atoms with Gasteiger partial charge in [-0.25, -0.2) is 0 Å². The summed E-state index contributed by atoms with van der Waals surface area (Å²) in [6.07, 6.45) is 3.78. The minimum atomic E-state index is 0.180. The lowest BCUT2D eigenvalue weighted by molar-refractivity contribution is 0.683. The molecule has 1 atom stereocenters. The van der Waals surface area contributed by atoms with Crippen LogP contribution in [-0.4, -0.2) is 12.0 Å². The highest BCUT2D eigenvalue weighted by atomic mass is 79.9. The van der Waals surface area contributed by atoms with Crippen molar-refractivity contribution in [1.82, 2.24) is 10.3 Å². The highest BCUT2D eigenvalue weighted by Crippen LogP contribution is 2.29. The van der Waals surface area contributed by atoms with Crippen molar-refractivity contribution in [3.63, 3.8) is 0 Å². The number of nitrogens with one attached hydrogen (secondary N) is 1. The van der Waals surface area contributed by atoms with Crippen LogP contribution in [0.1, 0.15) is 33.9 Å². The Morgan fingerprint density at radius 3 is 2.26 bits per heavy atom. The van der Waals surface area contributed by atoms with E-state index in [0.717, 1.165) is 0 Å². The maximum atomic E-state index is 4.25. The Kier molecular flexibility index (Phi) is 4.38. The molecular weight excluding hydrogens is 300 g/mol. The van der Waals surface area contributed by atoms with Crippen molar-refractivity contribution >= 4 is 15.9 Å². The maximum Gasteiger partial charge on any atom is 0.0592 e. The van der Waals surface area contributed by atoms with E-state index in [4.69, 9.17) is 0 Å². The minimum absolute atomic E-state index is 0.180. The van der Waals surface area contributed by atoms with Gasteiger partial charge in [0.25, 0.3) is 0 Å². The van der Waals surface area contributed by atoms with E-state index in [2.05, 4.69) is 65.2 Å². The van der Waals surface area contributed by atoms with Crippen molar-refractivity contribution in [2.45, 2.75) is 26.8 Å². The minimum Gasteiger partial charge on any atom is -0.309 e. The molecule has 1 heterocycles. The Morgan fingerprint density at radius 1 is 1.11 bits per heavy atom. The average Bonchev–Trinajstić information content (AvgIpc) is 2.39. The van der Waals surface area contributed by atoms with Crippen LogP contribution in [0.25, 0.3) is 0 Å². The van der Waals surface area contributed by atoms with Crippen LogP contribution in [0, 0.1) is 20.8 Å². The molecule has 1 aromatic heterocycles. The first kappa shape index (κ1) is 14.2. The van der Waals surface area contributed by atoms with Gasteiger partial charge >= 0.3 is 0 Å². The van der Waals surface area contributed by atoms with E-state index in [1.807, 2.05) is 19.4 Å². The SMILES string of the molecule is CNC(c1cc(C)c(Br)c(C)c1)c1cnccc1C. The molecule has 19 heavy (non-hydrogen) atoms. The number of hydrogen-bond donors (Lipinski definition) is 1. The molecular formula is C16H19BrN2. The summed E-state index contributed by atoms with van der Waals surface area (Å²) >= 11 is 3.62. The number of aryl methyl sites for hydroxylation is 3. The molecule has 0 aliphatic rings. The van der Waals surface area contributed by atoms with Crippen LogP contribution >= 0.6 is 15.9 Å². The summed E-state index contributed by atoms with van der Waals surface area (Å²) in [6.45, 7) is 6.38. The first-order chi connectivity index (χ1) is 9.04. The van der Waals surface area contributed by atoms with E-state index in [-0.39, 0.29) is 6.04 Å². The Labute approximate surface area is 123 Å². The first-order valence-electron chi connectivity index (χ1n) is 6.39. The third-order valence-corrected chi connectivity index (χ3v) is 4.72. The lowest BCUT2D eigenvalue weighted by Crippen LogP contribution is -2.19. The number of nitrogens with zero attached hydrogens (tertiary/aromatic N) is 1. The number of benzene rings is 1. The molecule has 0 aliphatic heterocycles. The van der Waals surface area contributed by atoms with Gasteiger partial charge < -0.3 is 5.32 Å². The number of halogens is 1. The summed E-state index contributed by atoms with van der Waals surface area (Å²) in [5.41, 5.74) is 6.28. The molecule has 1 unspecified atom stereocenters. The standard InChI is InChI=1S/C16H19BrN2/c1-10-5-6-19-9-14(10)16(18-4)13-7-11(2)15(17)12(3)8-13/h5-9,16,18H,1-4H3. The van der Waals surface area contributed by atoms with Crippen LogP contribution in [0.5, 0.6) is 0 Å². The van der Waals surface area contributed by atoms with Gasteiger partial charge in [-0.2, -0.15) is 0 Å². The predicted octanol–water partition coefficient (Wildman–Crippen LogP) is 4.08. The Balaban J connectivity index is 2.52. The second-order valence-corrected chi connectivity index (χ2v) is 5.72. The smallest absolute Gasteiger partial charge is 0.0592 e. The third-order valence-electron chi connectivity index (χ3n) is 3.47. The van der Waals surface area contributed by atoms with Crippen LogP contribution in [-0.2, 0) is 0 Å². The van der Waals surface area contributed by atoms with Crippen molar-refractivity contribution < 1.29 is 0 Å². The van der Waals surface area contributed by atoms with Crippen LogP contribution in [0.2, 0.25) is 0 Å². The van der Waals surface area contributed by atoms with Gasteiger partial charge in [0.2, 0.25) is 0 Å². The summed E-state index contributed by atoms with van der Waals surface area (Å²) in [7, 11) is 1.99. The van der Waals surface area contributed by atoms with E-state index >= 15 is 0 Å².